The summed E-state index contributed by atoms with van der Waals surface area (Å²) in [4.78, 5) is 6.53. The summed E-state index contributed by atoms with van der Waals surface area (Å²) in [5, 5.41) is 9.41. The highest BCUT2D eigenvalue weighted by molar-refractivity contribution is 7.90. The van der Waals surface area contributed by atoms with E-state index in [0.717, 1.165) is 6.26 Å². The van der Waals surface area contributed by atoms with E-state index in [-0.39, 0.29) is 12.2 Å². The zero-order chi connectivity index (χ0) is 9.90. The predicted molar refractivity (Wildman–Crippen MR) is 47.9 cm³/mol. The van der Waals surface area contributed by atoms with Crippen LogP contribution < -0.4 is 0 Å². The van der Waals surface area contributed by atoms with E-state index < -0.39 is 15.9 Å². The smallest absolute Gasteiger partial charge is 0.147 e. The lowest BCUT2D eigenvalue weighted by Crippen LogP contribution is -2.09. The monoisotopic (exact) mass is 204 g/mol. The molecule has 0 saturated heterocycles. The van der Waals surface area contributed by atoms with Crippen LogP contribution in [-0.2, 0) is 9.84 Å². The van der Waals surface area contributed by atoms with Crippen molar-refractivity contribution in [1.82, 2.24) is 9.97 Å². The van der Waals surface area contributed by atoms with Crippen molar-refractivity contribution in [1.29, 1.82) is 0 Å². The number of nitrogens with zero attached hydrogens (tertiary/aromatic N) is 1. The molecule has 2 N–H and O–H groups in total. The van der Waals surface area contributed by atoms with Crippen LogP contribution in [0.2, 0.25) is 0 Å². The minimum absolute atomic E-state index is 0.0329. The molecule has 74 valence electrons. The molecule has 0 spiro atoms. The first-order valence-corrected chi connectivity index (χ1v) is 5.90. The van der Waals surface area contributed by atoms with Crippen molar-refractivity contribution in [3.63, 3.8) is 0 Å². The van der Waals surface area contributed by atoms with E-state index in [4.69, 9.17) is 0 Å². The number of hydrogen-bond acceptors (Lipinski definition) is 4. The third kappa shape index (κ3) is 3.56. The highest BCUT2D eigenvalue weighted by Crippen LogP contribution is 2.11. The molecule has 0 amide bonds. The predicted octanol–water partition coefficient (Wildman–Crippen LogP) is -0.122. The van der Waals surface area contributed by atoms with Gasteiger partial charge in [-0.25, -0.2) is 13.4 Å². The Bertz CT molecular complexity index is 344. The third-order valence-corrected chi connectivity index (χ3v) is 2.57. The Balaban J connectivity index is 2.48. The molecule has 0 aliphatic rings. The maximum absolute atomic E-state index is 10.8. The first-order chi connectivity index (χ1) is 5.99. The van der Waals surface area contributed by atoms with Gasteiger partial charge in [-0.3, -0.25) is 0 Å². The van der Waals surface area contributed by atoms with Crippen LogP contribution in [0.25, 0.3) is 0 Å². The van der Waals surface area contributed by atoms with Gasteiger partial charge in [-0.05, 0) is 6.42 Å². The molecule has 1 aromatic rings. The van der Waals surface area contributed by atoms with E-state index in [2.05, 4.69) is 9.97 Å². The number of rotatable bonds is 4. The molecular weight excluding hydrogens is 192 g/mol. The van der Waals surface area contributed by atoms with Crippen LogP contribution in [-0.4, -0.2) is 35.5 Å². The minimum Gasteiger partial charge on any atom is -0.385 e. The van der Waals surface area contributed by atoms with Gasteiger partial charge >= 0.3 is 0 Å². The SMILES string of the molecule is CS(=O)(=O)CCC(O)c1ncc[nH]1. The summed E-state index contributed by atoms with van der Waals surface area (Å²) in [5.41, 5.74) is 0. The van der Waals surface area contributed by atoms with E-state index in [9.17, 15) is 13.5 Å². The summed E-state index contributed by atoms with van der Waals surface area (Å²) in [6, 6.07) is 0. The van der Waals surface area contributed by atoms with Gasteiger partial charge in [0.05, 0.1) is 5.75 Å². The Morgan fingerprint density at radius 1 is 1.69 bits per heavy atom. The average molecular weight is 204 g/mol. The Morgan fingerprint density at radius 3 is 2.85 bits per heavy atom. The van der Waals surface area contributed by atoms with Crippen LogP contribution in [0.5, 0.6) is 0 Å². The number of aliphatic hydroxyl groups excluding tert-OH is 1. The molecule has 0 saturated carbocycles. The zero-order valence-electron chi connectivity index (χ0n) is 7.27. The number of aromatic amines is 1. The molecule has 1 heterocycles. The van der Waals surface area contributed by atoms with Crippen molar-refractivity contribution in [3.8, 4) is 0 Å². The number of imidazole rings is 1. The van der Waals surface area contributed by atoms with Gasteiger partial charge in [0.25, 0.3) is 0 Å². The first kappa shape index (κ1) is 10.2. The van der Waals surface area contributed by atoms with Crippen molar-refractivity contribution >= 4 is 9.84 Å². The van der Waals surface area contributed by atoms with Crippen LogP contribution in [0.15, 0.2) is 12.4 Å². The van der Waals surface area contributed by atoms with Crippen molar-refractivity contribution in [2.45, 2.75) is 12.5 Å². The standard InChI is InChI=1S/C7H12N2O3S/c1-13(11,12)5-2-6(10)7-8-3-4-9-7/h3-4,6,10H,2,5H2,1H3,(H,8,9). The van der Waals surface area contributed by atoms with Crippen LogP contribution >= 0.6 is 0 Å². The fourth-order valence-electron chi connectivity index (χ4n) is 0.922. The number of aliphatic hydroxyl groups is 1. The molecule has 1 rings (SSSR count). The van der Waals surface area contributed by atoms with E-state index in [1.807, 2.05) is 0 Å². The average Bonchev–Trinajstić information content (AvgIpc) is 2.50. The highest BCUT2D eigenvalue weighted by Gasteiger charge is 2.12. The molecule has 6 heteroatoms. The lowest BCUT2D eigenvalue weighted by Gasteiger charge is -2.05. The van der Waals surface area contributed by atoms with Crippen molar-refractivity contribution in [2.75, 3.05) is 12.0 Å². The molecule has 0 aromatic carbocycles. The van der Waals surface area contributed by atoms with Crippen LogP contribution in [0, 0.1) is 0 Å². The van der Waals surface area contributed by atoms with Gasteiger partial charge in [-0.15, -0.1) is 0 Å². The van der Waals surface area contributed by atoms with Crippen LogP contribution in [0.4, 0.5) is 0 Å². The minimum atomic E-state index is -3.01. The van der Waals surface area contributed by atoms with Gasteiger partial charge in [-0.2, -0.15) is 0 Å². The molecule has 13 heavy (non-hydrogen) atoms. The second-order valence-corrected chi connectivity index (χ2v) is 5.17. The number of nitrogens with one attached hydrogen (secondary N) is 1. The lowest BCUT2D eigenvalue weighted by atomic mass is 10.3. The molecule has 0 bridgehead atoms. The quantitative estimate of drug-likeness (QED) is 0.716. The van der Waals surface area contributed by atoms with Gasteiger partial charge in [0, 0.05) is 18.6 Å². The molecule has 0 fully saturated rings. The van der Waals surface area contributed by atoms with E-state index in [1.54, 1.807) is 6.20 Å². The van der Waals surface area contributed by atoms with Crippen molar-refractivity contribution in [3.05, 3.63) is 18.2 Å². The largest absolute Gasteiger partial charge is 0.385 e. The van der Waals surface area contributed by atoms with Gasteiger partial charge in [0.1, 0.15) is 21.8 Å². The molecule has 0 aliphatic heterocycles. The summed E-state index contributed by atoms with van der Waals surface area (Å²) < 4.78 is 21.5. The number of H-pyrrole nitrogens is 1. The number of sulfone groups is 1. The number of hydrogen-bond donors (Lipinski definition) is 2. The van der Waals surface area contributed by atoms with Gasteiger partial charge < -0.3 is 10.1 Å². The lowest BCUT2D eigenvalue weighted by molar-refractivity contribution is 0.165. The summed E-state index contributed by atoms with van der Waals surface area (Å²) in [5.74, 6) is 0.373. The fraction of sp³-hybridized carbons (Fsp3) is 0.571. The Kier molecular flexibility index (Phi) is 3.05. The highest BCUT2D eigenvalue weighted by atomic mass is 32.2. The topological polar surface area (TPSA) is 83.1 Å². The second kappa shape index (κ2) is 3.89. The van der Waals surface area contributed by atoms with Gasteiger partial charge in [0.2, 0.25) is 0 Å². The van der Waals surface area contributed by atoms with Crippen molar-refractivity contribution in [2.24, 2.45) is 0 Å². The first-order valence-electron chi connectivity index (χ1n) is 3.84. The third-order valence-electron chi connectivity index (χ3n) is 1.60. The summed E-state index contributed by atoms with van der Waals surface area (Å²) in [7, 11) is -3.01. The molecule has 5 nitrogen and oxygen atoms in total. The molecule has 1 atom stereocenters. The van der Waals surface area contributed by atoms with Gasteiger partial charge in [-0.1, -0.05) is 0 Å². The Labute approximate surface area is 76.7 Å². The number of aromatic nitrogens is 2. The molecule has 1 aromatic heterocycles. The van der Waals surface area contributed by atoms with Gasteiger partial charge in [0.15, 0.2) is 0 Å². The van der Waals surface area contributed by atoms with E-state index >= 15 is 0 Å². The Hall–Kier alpha value is -0.880. The summed E-state index contributed by atoms with van der Waals surface area (Å²) in [6.45, 7) is 0. The summed E-state index contributed by atoms with van der Waals surface area (Å²) >= 11 is 0. The Morgan fingerprint density at radius 2 is 2.38 bits per heavy atom. The zero-order valence-corrected chi connectivity index (χ0v) is 8.08. The maximum atomic E-state index is 10.8. The van der Waals surface area contributed by atoms with Crippen LogP contribution in [0.1, 0.15) is 18.3 Å². The molecule has 1 unspecified atom stereocenters. The molecule has 0 radical (unpaired) electrons. The molecule has 0 aliphatic carbocycles. The maximum Gasteiger partial charge on any atom is 0.147 e. The van der Waals surface area contributed by atoms with Crippen LogP contribution in [0.3, 0.4) is 0 Å². The second-order valence-electron chi connectivity index (χ2n) is 2.91. The van der Waals surface area contributed by atoms with Crippen molar-refractivity contribution < 1.29 is 13.5 Å². The fourth-order valence-corrected chi connectivity index (χ4v) is 1.57. The van der Waals surface area contributed by atoms with E-state index in [0.29, 0.717) is 5.82 Å². The normalized spacial score (nSPS) is 14.3. The van der Waals surface area contributed by atoms with E-state index in [1.165, 1.54) is 6.20 Å². The summed E-state index contributed by atoms with van der Waals surface area (Å²) in [6.07, 6.45) is 3.58. The molecular formula is C7H12N2O3S.